The summed E-state index contributed by atoms with van der Waals surface area (Å²) < 4.78 is 15.6. The van der Waals surface area contributed by atoms with Crippen molar-refractivity contribution >= 4 is 5.97 Å². The Kier molecular flexibility index (Phi) is 3.57. The molecule has 0 spiro atoms. The fourth-order valence-electron chi connectivity index (χ4n) is 1.72. The fraction of sp³-hybridized carbons (Fsp3) is 0.500. The minimum atomic E-state index is -0.301. The Hall–Kier alpha value is -1.55. The monoisotopic (exact) mass is 250 g/mol. The van der Waals surface area contributed by atoms with Crippen molar-refractivity contribution < 1.29 is 19.0 Å². The largest absolute Gasteiger partial charge is 0.496 e. The van der Waals surface area contributed by atoms with Gasteiger partial charge in [-0.2, -0.15) is 0 Å². The molecule has 0 aliphatic carbocycles. The fourth-order valence-corrected chi connectivity index (χ4v) is 1.72. The molecule has 98 valence electrons. The molecule has 1 aromatic rings. The summed E-state index contributed by atoms with van der Waals surface area (Å²) in [6, 6.07) is 5.26. The van der Waals surface area contributed by atoms with E-state index in [4.69, 9.17) is 14.2 Å². The van der Waals surface area contributed by atoms with Crippen LogP contribution in [0, 0.1) is 6.92 Å². The second-order valence-electron chi connectivity index (χ2n) is 4.81. The van der Waals surface area contributed by atoms with Crippen LogP contribution in [0.3, 0.4) is 0 Å². The molecule has 1 aliphatic rings. The van der Waals surface area contributed by atoms with Crippen molar-refractivity contribution in [2.45, 2.75) is 25.9 Å². The second kappa shape index (κ2) is 4.98. The van der Waals surface area contributed by atoms with E-state index in [2.05, 4.69) is 0 Å². The number of methoxy groups -OCH3 is 1. The van der Waals surface area contributed by atoms with E-state index in [1.807, 2.05) is 13.8 Å². The molecule has 1 aliphatic heterocycles. The molecule has 1 fully saturated rings. The van der Waals surface area contributed by atoms with Gasteiger partial charge in [0.25, 0.3) is 0 Å². The first-order valence-corrected chi connectivity index (χ1v) is 6.00. The van der Waals surface area contributed by atoms with Crippen molar-refractivity contribution in [2.24, 2.45) is 0 Å². The van der Waals surface area contributed by atoms with Crippen LogP contribution in [0.4, 0.5) is 0 Å². The number of carbonyl (C=O) groups is 1. The van der Waals surface area contributed by atoms with Gasteiger partial charge in [0, 0.05) is 6.42 Å². The lowest BCUT2D eigenvalue weighted by Crippen LogP contribution is -2.13. The number of aryl methyl sites for hydroxylation is 1. The number of esters is 1. The van der Waals surface area contributed by atoms with E-state index in [0.29, 0.717) is 12.2 Å². The van der Waals surface area contributed by atoms with Crippen molar-refractivity contribution in [3.05, 3.63) is 29.3 Å². The third-order valence-corrected chi connectivity index (χ3v) is 3.13. The van der Waals surface area contributed by atoms with Gasteiger partial charge in [0.2, 0.25) is 0 Å². The third kappa shape index (κ3) is 3.01. The number of epoxide rings is 1. The SMILES string of the molecule is COc1ccc(C(=O)OCCC2(C)CO2)cc1C. The molecule has 1 unspecified atom stereocenters. The van der Waals surface area contributed by atoms with Crippen LogP contribution in [-0.4, -0.2) is 31.9 Å². The average Bonchev–Trinajstić information content (AvgIpc) is 3.07. The maximum absolute atomic E-state index is 11.8. The van der Waals surface area contributed by atoms with Gasteiger partial charge in [-0.1, -0.05) is 0 Å². The number of carbonyl (C=O) groups excluding carboxylic acids is 1. The Morgan fingerprint density at radius 1 is 1.50 bits per heavy atom. The first-order chi connectivity index (χ1) is 8.54. The highest BCUT2D eigenvalue weighted by molar-refractivity contribution is 5.89. The average molecular weight is 250 g/mol. The van der Waals surface area contributed by atoms with Gasteiger partial charge in [-0.15, -0.1) is 0 Å². The van der Waals surface area contributed by atoms with Gasteiger partial charge in [-0.25, -0.2) is 4.79 Å². The number of ether oxygens (including phenoxy) is 3. The molecule has 4 nitrogen and oxygen atoms in total. The van der Waals surface area contributed by atoms with Gasteiger partial charge >= 0.3 is 5.97 Å². The van der Waals surface area contributed by atoms with Gasteiger partial charge in [0.15, 0.2) is 0 Å². The van der Waals surface area contributed by atoms with Gasteiger partial charge in [-0.3, -0.25) is 0 Å². The predicted octanol–water partition coefficient (Wildman–Crippen LogP) is 2.34. The second-order valence-corrected chi connectivity index (χ2v) is 4.81. The lowest BCUT2D eigenvalue weighted by Gasteiger charge is -2.09. The number of hydrogen-bond acceptors (Lipinski definition) is 4. The Balaban J connectivity index is 1.89. The molecular formula is C14H18O4. The van der Waals surface area contributed by atoms with Crippen molar-refractivity contribution in [3.8, 4) is 5.75 Å². The first-order valence-electron chi connectivity index (χ1n) is 6.00. The highest BCUT2D eigenvalue weighted by Gasteiger charge is 2.38. The van der Waals surface area contributed by atoms with Crippen molar-refractivity contribution in [1.29, 1.82) is 0 Å². The van der Waals surface area contributed by atoms with Gasteiger partial charge in [0.05, 0.1) is 31.5 Å². The summed E-state index contributed by atoms with van der Waals surface area (Å²) in [7, 11) is 1.61. The van der Waals surface area contributed by atoms with E-state index in [1.54, 1.807) is 25.3 Å². The summed E-state index contributed by atoms with van der Waals surface area (Å²) in [6.07, 6.45) is 0.744. The minimum absolute atomic E-state index is 0.0733. The van der Waals surface area contributed by atoms with E-state index in [-0.39, 0.29) is 11.6 Å². The maximum atomic E-state index is 11.8. The zero-order valence-corrected chi connectivity index (χ0v) is 11.0. The zero-order valence-electron chi connectivity index (χ0n) is 11.0. The summed E-state index contributed by atoms with van der Waals surface area (Å²) >= 11 is 0. The normalized spacial score (nSPS) is 21.5. The van der Waals surface area contributed by atoms with Crippen molar-refractivity contribution in [2.75, 3.05) is 20.3 Å². The van der Waals surface area contributed by atoms with Gasteiger partial charge in [0.1, 0.15) is 5.75 Å². The van der Waals surface area contributed by atoms with Crippen LogP contribution in [-0.2, 0) is 9.47 Å². The molecule has 18 heavy (non-hydrogen) atoms. The highest BCUT2D eigenvalue weighted by Crippen LogP contribution is 2.29. The molecular weight excluding hydrogens is 232 g/mol. The molecule has 1 atom stereocenters. The van der Waals surface area contributed by atoms with E-state index < -0.39 is 0 Å². The quantitative estimate of drug-likeness (QED) is 0.594. The van der Waals surface area contributed by atoms with Gasteiger partial charge in [-0.05, 0) is 37.6 Å². The number of benzene rings is 1. The van der Waals surface area contributed by atoms with E-state index in [0.717, 1.165) is 24.3 Å². The van der Waals surface area contributed by atoms with Crippen LogP contribution in [0.1, 0.15) is 29.3 Å². The Morgan fingerprint density at radius 3 is 2.78 bits per heavy atom. The third-order valence-electron chi connectivity index (χ3n) is 3.13. The molecule has 0 saturated carbocycles. The lowest BCUT2D eigenvalue weighted by atomic mass is 10.1. The lowest BCUT2D eigenvalue weighted by molar-refractivity contribution is 0.0476. The predicted molar refractivity (Wildman–Crippen MR) is 67.0 cm³/mol. The minimum Gasteiger partial charge on any atom is -0.496 e. The topological polar surface area (TPSA) is 48.1 Å². The molecule has 1 heterocycles. The van der Waals surface area contributed by atoms with Gasteiger partial charge < -0.3 is 14.2 Å². The van der Waals surface area contributed by atoms with Crippen molar-refractivity contribution in [3.63, 3.8) is 0 Å². The molecule has 0 aromatic heterocycles. The summed E-state index contributed by atoms with van der Waals surface area (Å²) in [5, 5.41) is 0. The van der Waals surface area contributed by atoms with E-state index in [1.165, 1.54) is 0 Å². The Labute approximate surface area is 107 Å². The van der Waals surface area contributed by atoms with Crippen LogP contribution in [0.2, 0.25) is 0 Å². The maximum Gasteiger partial charge on any atom is 0.338 e. The summed E-state index contributed by atoms with van der Waals surface area (Å²) in [4.78, 5) is 11.8. The van der Waals surface area contributed by atoms with Crippen molar-refractivity contribution in [1.82, 2.24) is 0 Å². The van der Waals surface area contributed by atoms with Crippen LogP contribution in [0.25, 0.3) is 0 Å². The smallest absolute Gasteiger partial charge is 0.338 e. The first kappa shape index (κ1) is 12.9. The Morgan fingerprint density at radius 2 is 2.22 bits per heavy atom. The van der Waals surface area contributed by atoms with E-state index >= 15 is 0 Å². The summed E-state index contributed by atoms with van der Waals surface area (Å²) in [6.45, 7) is 5.06. The number of rotatable bonds is 5. The van der Waals surface area contributed by atoms with Crippen LogP contribution in [0.15, 0.2) is 18.2 Å². The van der Waals surface area contributed by atoms with Crippen LogP contribution >= 0.6 is 0 Å². The summed E-state index contributed by atoms with van der Waals surface area (Å²) in [5.74, 6) is 0.468. The van der Waals surface area contributed by atoms with E-state index in [9.17, 15) is 4.79 Å². The zero-order chi connectivity index (χ0) is 13.2. The van der Waals surface area contributed by atoms with Crippen LogP contribution < -0.4 is 4.74 Å². The standard InChI is InChI=1S/C14H18O4/c1-10-8-11(4-5-12(10)16-3)13(15)17-7-6-14(2)9-18-14/h4-5,8H,6-7,9H2,1-3H3. The molecule has 4 heteroatoms. The molecule has 0 radical (unpaired) electrons. The summed E-state index contributed by atoms with van der Waals surface area (Å²) in [5.41, 5.74) is 1.40. The Bertz CT molecular complexity index is 449. The highest BCUT2D eigenvalue weighted by atomic mass is 16.6. The molecule has 1 aromatic carbocycles. The molecule has 0 N–H and O–H groups in total. The molecule has 2 rings (SSSR count). The number of hydrogen-bond donors (Lipinski definition) is 0. The molecule has 0 amide bonds. The van der Waals surface area contributed by atoms with Crippen LogP contribution in [0.5, 0.6) is 5.75 Å². The molecule has 0 bridgehead atoms. The molecule has 1 saturated heterocycles.